The maximum absolute atomic E-state index is 11.5. The molecule has 0 radical (unpaired) electrons. The molecule has 1 fully saturated rings. The Morgan fingerprint density at radius 1 is 1.25 bits per heavy atom. The van der Waals surface area contributed by atoms with Gasteiger partial charge in [-0.05, 0) is 12.3 Å². The lowest BCUT2D eigenvalue weighted by Crippen LogP contribution is -2.44. The summed E-state index contributed by atoms with van der Waals surface area (Å²) in [5.74, 6) is -0.259. The Morgan fingerprint density at radius 3 is 2.44 bits per heavy atom. The summed E-state index contributed by atoms with van der Waals surface area (Å²) in [5.41, 5.74) is 10.7. The number of hydrogen-bond acceptors (Lipinski definition) is 3. The molecular formula is C11H21N3O2. The van der Waals surface area contributed by atoms with E-state index in [0.717, 1.165) is 12.8 Å². The molecule has 16 heavy (non-hydrogen) atoms. The van der Waals surface area contributed by atoms with Crippen molar-refractivity contribution in [3.8, 4) is 0 Å². The molecule has 0 saturated heterocycles. The van der Waals surface area contributed by atoms with Crippen molar-refractivity contribution >= 4 is 11.8 Å². The van der Waals surface area contributed by atoms with Gasteiger partial charge in [-0.25, -0.2) is 0 Å². The van der Waals surface area contributed by atoms with Gasteiger partial charge in [0.25, 0.3) is 0 Å². The Balaban J connectivity index is 2.24. The molecule has 0 aromatic heterocycles. The van der Waals surface area contributed by atoms with Crippen molar-refractivity contribution in [2.75, 3.05) is 6.54 Å². The Hall–Kier alpha value is -1.10. The first-order valence-corrected chi connectivity index (χ1v) is 5.91. The summed E-state index contributed by atoms with van der Waals surface area (Å²) in [6, 6.07) is -0.512. The summed E-state index contributed by atoms with van der Waals surface area (Å²) in [6.07, 6.45) is 6.80. The van der Waals surface area contributed by atoms with Gasteiger partial charge in [0.1, 0.15) is 0 Å². The molecule has 1 saturated carbocycles. The SMILES string of the molecule is NC(=O)CNC(=O)[C@H](N)CC1CCCCC1. The first-order chi connectivity index (χ1) is 7.59. The predicted octanol–water partition coefficient (Wildman–Crippen LogP) is -0.114. The molecule has 0 spiro atoms. The molecule has 0 bridgehead atoms. The van der Waals surface area contributed by atoms with Crippen LogP contribution in [0, 0.1) is 5.92 Å². The third kappa shape index (κ3) is 4.61. The van der Waals surface area contributed by atoms with E-state index in [1.807, 2.05) is 0 Å². The van der Waals surface area contributed by atoms with Gasteiger partial charge in [-0.15, -0.1) is 0 Å². The molecule has 92 valence electrons. The molecule has 2 amide bonds. The zero-order valence-electron chi connectivity index (χ0n) is 9.58. The molecule has 1 aliphatic carbocycles. The normalized spacial score (nSPS) is 19.1. The van der Waals surface area contributed by atoms with E-state index >= 15 is 0 Å². The summed E-state index contributed by atoms with van der Waals surface area (Å²) in [5, 5.41) is 2.43. The minimum absolute atomic E-state index is 0.128. The molecule has 0 aliphatic heterocycles. The van der Waals surface area contributed by atoms with E-state index in [4.69, 9.17) is 11.5 Å². The number of carbonyl (C=O) groups is 2. The predicted molar refractivity (Wildman–Crippen MR) is 61.4 cm³/mol. The van der Waals surface area contributed by atoms with Gasteiger partial charge >= 0.3 is 0 Å². The van der Waals surface area contributed by atoms with Crippen LogP contribution in [0.2, 0.25) is 0 Å². The molecule has 1 atom stereocenters. The van der Waals surface area contributed by atoms with Crippen molar-refractivity contribution in [1.82, 2.24) is 5.32 Å². The first-order valence-electron chi connectivity index (χ1n) is 5.91. The zero-order valence-corrected chi connectivity index (χ0v) is 9.58. The largest absolute Gasteiger partial charge is 0.368 e. The van der Waals surface area contributed by atoms with Crippen molar-refractivity contribution < 1.29 is 9.59 Å². The van der Waals surface area contributed by atoms with Gasteiger partial charge in [0.2, 0.25) is 11.8 Å². The average molecular weight is 227 g/mol. The highest BCUT2D eigenvalue weighted by Crippen LogP contribution is 2.26. The molecule has 1 rings (SSSR count). The number of nitrogens with one attached hydrogen (secondary N) is 1. The van der Waals surface area contributed by atoms with Crippen LogP contribution >= 0.6 is 0 Å². The van der Waals surface area contributed by atoms with Gasteiger partial charge in [-0.3, -0.25) is 9.59 Å². The molecule has 5 heteroatoms. The second-order valence-corrected chi connectivity index (χ2v) is 4.53. The molecular weight excluding hydrogens is 206 g/mol. The van der Waals surface area contributed by atoms with Crippen LogP contribution in [0.3, 0.4) is 0 Å². The number of hydrogen-bond donors (Lipinski definition) is 3. The topological polar surface area (TPSA) is 98.2 Å². The third-order valence-electron chi connectivity index (χ3n) is 3.09. The van der Waals surface area contributed by atoms with Crippen molar-refractivity contribution in [3.05, 3.63) is 0 Å². The Bertz CT molecular complexity index is 250. The van der Waals surface area contributed by atoms with Crippen LogP contribution in [0.25, 0.3) is 0 Å². The Kier molecular flexibility index (Phi) is 5.25. The summed E-state index contributed by atoms with van der Waals surface area (Å²) < 4.78 is 0. The van der Waals surface area contributed by atoms with Crippen molar-refractivity contribution in [3.63, 3.8) is 0 Å². The van der Waals surface area contributed by atoms with Crippen LogP contribution in [-0.2, 0) is 9.59 Å². The Morgan fingerprint density at radius 2 is 1.88 bits per heavy atom. The van der Waals surface area contributed by atoms with Crippen LogP contribution in [0.5, 0.6) is 0 Å². The van der Waals surface area contributed by atoms with Crippen molar-refractivity contribution in [2.24, 2.45) is 17.4 Å². The average Bonchev–Trinajstić information content (AvgIpc) is 2.27. The highest BCUT2D eigenvalue weighted by Gasteiger charge is 2.21. The van der Waals surface area contributed by atoms with Gasteiger partial charge in [0, 0.05) is 0 Å². The van der Waals surface area contributed by atoms with E-state index < -0.39 is 11.9 Å². The second kappa shape index (κ2) is 6.48. The Labute approximate surface area is 95.9 Å². The van der Waals surface area contributed by atoms with Crippen molar-refractivity contribution in [2.45, 2.75) is 44.6 Å². The summed E-state index contributed by atoms with van der Waals surface area (Å²) in [7, 11) is 0. The summed E-state index contributed by atoms with van der Waals surface area (Å²) >= 11 is 0. The monoisotopic (exact) mass is 227 g/mol. The van der Waals surface area contributed by atoms with Crippen LogP contribution in [0.1, 0.15) is 38.5 Å². The molecule has 0 aromatic carbocycles. The van der Waals surface area contributed by atoms with E-state index in [9.17, 15) is 9.59 Å². The quantitative estimate of drug-likeness (QED) is 0.611. The first kappa shape index (κ1) is 13.0. The maximum Gasteiger partial charge on any atom is 0.237 e. The number of rotatable bonds is 5. The highest BCUT2D eigenvalue weighted by molar-refractivity contribution is 5.86. The number of primary amides is 1. The minimum Gasteiger partial charge on any atom is -0.368 e. The summed E-state index contributed by atoms with van der Waals surface area (Å²) in [6.45, 7) is -0.128. The van der Waals surface area contributed by atoms with Crippen LogP contribution in [-0.4, -0.2) is 24.4 Å². The fourth-order valence-corrected chi connectivity index (χ4v) is 2.19. The molecule has 1 aliphatic rings. The lowest BCUT2D eigenvalue weighted by molar-refractivity contribution is -0.126. The third-order valence-corrected chi connectivity index (χ3v) is 3.09. The standard InChI is InChI=1S/C11H21N3O2/c12-9(11(16)14-7-10(13)15)6-8-4-2-1-3-5-8/h8-9H,1-7,12H2,(H2,13,15)(H,14,16)/t9-/m1/s1. The highest BCUT2D eigenvalue weighted by atomic mass is 16.2. The smallest absolute Gasteiger partial charge is 0.237 e. The van der Waals surface area contributed by atoms with Crippen LogP contribution in [0.4, 0.5) is 0 Å². The lowest BCUT2D eigenvalue weighted by atomic mass is 9.85. The molecule has 5 N–H and O–H groups in total. The van der Waals surface area contributed by atoms with E-state index in [1.165, 1.54) is 19.3 Å². The number of amides is 2. The fraction of sp³-hybridized carbons (Fsp3) is 0.818. The van der Waals surface area contributed by atoms with Gasteiger partial charge in [0.05, 0.1) is 12.6 Å². The van der Waals surface area contributed by atoms with Crippen molar-refractivity contribution in [1.29, 1.82) is 0 Å². The molecule has 0 aromatic rings. The molecule has 5 nitrogen and oxygen atoms in total. The van der Waals surface area contributed by atoms with Gasteiger partial charge in [0.15, 0.2) is 0 Å². The second-order valence-electron chi connectivity index (χ2n) is 4.53. The van der Waals surface area contributed by atoms with Crippen LogP contribution in [0.15, 0.2) is 0 Å². The fourth-order valence-electron chi connectivity index (χ4n) is 2.19. The van der Waals surface area contributed by atoms with Gasteiger partial charge in [-0.2, -0.15) is 0 Å². The molecule has 0 heterocycles. The van der Waals surface area contributed by atoms with E-state index in [0.29, 0.717) is 12.3 Å². The molecule has 0 unspecified atom stereocenters. The van der Waals surface area contributed by atoms with Gasteiger partial charge in [-0.1, -0.05) is 32.1 Å². The van der Waals surface area contributed by atoms with E-state index in [2.05, 4.69) is 5.32 Å². The van der Waals surface area contributed by atoms with Gasteiger partial charge < -0.3 is 16.8 Å². The van der Waals surface area contributed by atoms with E-state index in [1.54, 1.807) is 0 Å². The number of nitrogens with two attached hydrogens (primary N) is 2. The maximum atomic E-state index is 11.5. The number of carbonyl (C=O) groups excluding carboxylic acids is 2. The zero-order chi connectivity index (χ0) is 12.0. The lowest BCUT2D eigenvalue weighted by Gasteiger charge is -2.23. The van der Waals surface area contributed by atoms with E-state index in [-0.39, 0.29) is 12.5 Å². The minimum atomic E-state index is -0.543. The van der Waals surface area contributed by atoms with Crippen LogP contribution < -0.4 is 16.8 Å². The summed E-state index contributed by atoms with van der Waals surface area (Å²) in [4.78, 5) is 22.0.